The van der Waals surface area contributed by atoms with Crippen molar-refractivity contribution < 1.29 is 33.3 Å². The number of sulfonamides is 1. The first kappa shape index (κ1) is 37.0. The van der Waals surface area contributed by atoms with E-state index in [1.807, 2.05) is 60.7 Å². The first-order valence-corrected chi connectivity index (χ1v) is 18.5. The van der Waals surface area contributed by atoms with Crippen LogP contribution >= 0.6 is 0 Å². The zero-order valence-electron chi connectivity index (χ0n) is 28.8. The van der Waals surface area contributed by atoms with Crippen LogP contribution in [0.25, 0.3) is 17.1 Å². The average molecular weight is 769 g/mol. The van der Waals surface area contributed by atoms with E-state index in [9.17, 15) is 33.3 Å². The number of rotatable bonds is 12. The molecule has 9 N–H and O–H groups in total. The van der Waals surface area contributed by atoms with Crippen LogP contribution in [0.4, 0.5) is 22.2 Å². The number of amides is 3. The summed E-state index contributed by atoms with van der Waals surface area (Å²) >= 11 is 0. The molecule has 1 fully saturated rings. The van der Waals surface area contributed by atoms with Gasteiger partial charge in [-0.15, -0.1) is 5.10 Å². The second-order valence-corrected chi connectivity index (χ2v) is 14.3. The summed E-state index contributed by atoms with van der Waals surface area (Å²) in [5.41, 5.74) is 2.86. The molecule has 19 nitrogen and oxygen atoms in total. The van der Waals surface area contributed by atoms with E-state index in [4.69, 9.17) is 15.1 Å². The maximum absolute atomic E-state index is 12.8. The molecule has 3 aromatic carbocycles. The minimum atomic E-state index is -4.00. The fourth-order valence-electron chi connectivity index (χ4n) is 6.48. The lowest BCUT2D eigenvalue weighted by molar-refractivity contribution is -0.125. The van der Waals surface area contributed by atoms with E-state index in [0.717, 1.165) is 11.1 Å². The molecule has 20 heteroatoms. The average Bonchev–Trinajstić information content (AvgIpc) is 3.90. The Morgan fingerprint density at radius 3 is 2.27 bits per heavy atom. The number of nitrogens with zero attached hydrogens (tertiary/aromatic N) is 7. The summed E-state index contributed by atoms with van der Waals surface area (Å²) in [6, 6.07) is 22.8. The highest BCUT2D eigenvalue weighted by Crippen LogP contribution is 2.35. The largest absolute Gasteiger partial charge is 0.388 e. The molecule has 284 valence electrons. The van der Waals surface area contributed by atoms with Gasteiger partial charge in [0.25, 0.3) is 11.9 Å². The molecule has 0 bridgehead atoms. The highest BCUT2D eigenvalue weighted by molar-refractivity contribution is 7.89. The molecule has 1 saturated carbocycles. The molecule has 0 saturated heterocycles. The Hall–Kier alpha value is -6.32. The van der Waals surface area contributed by atoms with Gasteiger partial charge in [-0.3, -0.25) is 10.1 Å². The molecule has 3 amide bonds. The summed E-state index contributed by atoms with van der Waals surface area (Å²) in [6.45, 7) is -0.401. The molecule has 0 radical (unpaired) electrons. The van der Waals surface area contributed by atoms with Crippen molar-refractivity contribution in [2.75, 3.05) is 29.1 Å². The summed E-state index contributed by atoms with van der Waals surface area (Å²) in [4.78, 5) is 42.7. The Labute approximate surface area is 313 Å². The summed E-state index contributed by atoms with van der Waals surface area (Å²) in [5.74, 6) is -0.626. The SMILES string of the molecule is NS(=O)(=O)c1cccc(NC(=O)Nc2ncn(-c3nc(NCC(c4ccccc4)c4ccccc4)c4ncn([C@@H]5C[C@H](NC(=O)CO)[C@@H](O)[C@H]5O)c4n3)n2)c1. The molecule has 0 unspecified atom stereocenters. The third kappa shape index (κ3) is 8.12. The van der Waals surface area contributed by atoms with E-state index in [-0.39, 0.29) is 40.5 Å². The van der Waals surface area contributed by atoms with Crippen molar-refractivity contribution >= 4 is 50.6 Å². The van der Waals surface area contributed by atoms with Gasteiger partial charge in [0.15, 0.2) is 17.0 Å². The maximum Gasteiger partial charge on any atom is 0.326 e. The number of hydrogen-bond acceptors (Lipinski definition) is 13. The zero-order valence-corrected chi connectivity index (χ0v) is 29.7. The summed E-state index contributed by atoms with van der Waals surface area (Å²) < 4.78 is 26.3. The minimum absolute atomic E-state index is 0.00713. The third-order valence-electron chi connectivity index (χ3n) is 9.13. The molecular weight excluding hydrogens is 733 g/mol. The maximum atomic E-state index is 12.8. The van der Waals surface area contributed by atoms with Gasteiger partial charge in [0, 0.05) is 18.2 Å². The summed E-state index contributed by atoms with van der Waals surface area (Å²) in [7, 11) is -4.00. The molecule has 3 heterocycles. The van der Waals surface area contributed by atoms with E-state index < -0.39 is 52.9 Å². The molecule has 4 atom stereocenters. The number of primary sulfonamides is 1. The highest BCUT2D eigenvalue weighted by atomic mass is 32.2. The van der Waals surface area contributed by atoms with E-state index in [1.165, 1.54) is 41.6 Å². The van der Waals surface area contributed by atoms with Gasteiger partial charge in [0.1, 0.15) is 25.1 Å². The quantitative estimate of drug-likeness (QED) is 0.0867. The summed E-state index contributed by atoms with van der Waals surface area (Å²) in [6.07, 6.45) is 0.155. The van der Waals surface area contributed by atoms with Crippen molar-refractivity contribution in [2.45, 2.75) is 41.5 Å². The lowest BCUT2D eigenvalue weighted by Crippen LogP contribution is -2.44. The highest BCUT2D eigenvalue weighted by Gasteiger charge is 2.44. The van der Waals surface area contributed by atoms with Crippen LogP contribution in [-0.2, 0) is 14.8 Å². The fourth-order valence-corrected chi connectivity index (χ4v) is 7.04. The Morgan fingerprint density at radius 1 is 0.891 bits per heavy atom. The zero-order chi connectivity index (χ0) is 38.7. The minimum Gasteiger partial charge on any atom is -0.388 e. The summed E-state index contributed by atoms with van der Waals surface area (Å²) in [5, 5.41) is 51.6. The van der Waals surface area contributed by atoms with E-state index in [0.29, 0.717) is 17.9 Å². The Balaban J connectivity index is 1.21. The normalized spacial score (nSPS) is 18.3. The smallest absolute Gasteiger partial charge is 0.326 e. The number of carbonyl (C=O) groups excluding carboxylic acids is 2. The molecule has 1 aliphatic carbocycles. The second kappa shape index (κ2) is 15.6. The molecular formula is C35H36N12O7S. The second-order valence-electron chi connectivity index (χ2n) is 12.7. The Bertz CT molecular complexity index is 2390. The van der Waals surface area contributed by atoms with Crippen LogP contribution in [-0.4, -0.2) is 101 Å². The van der Waals surface area contributed by atoms with Crippen molar-refractivity contribution in [3.8, 4) is 5.95 Å². The van der Waals surface area contributed by atoms with Gasteiger partial charge in [-0.05, 0) is 35.7 Å². The van der Waals surface area contributed by atoms with Crippen LogP contribution in [0.3, 0.4) is 0 Å². The number of aliphatic hydroxyl groups excluding tert-OH is 3. The van der Waals surface area contributed by atoms with Crippen molar-refractivity contribution in [1.82, 2.24) is 39.6 Å². The van der Waals surface area contributed by atoms with Crippen molar-refractivity contribution in [1.29, 1.82) is 0 Å². The van der Waals surface area contributed by atoms with Gasteiger partial charge < -0.3 is 35.8 Å². The third-order valence-corrected chi connectivity index (χ3v) is 10.0. The number of imidazole rings is 1. The molecule has 6 aromatic rings. The monoisotopic (exact) mass is 768 g/mol. The van der Waals surface area contributed by atoms with E-state index >= 15 is 0 Å². The Morgan fingerprint density at radius 2 is 1.60 bits per heavy atom. The topological polar surface area (TPSA) is 277 Å². The number of nitrogens with one attached hydrogen (secondary N) is 4. The predicted octanol–water partition coefficient (Wildman–Crippen LogP) is 1.09. The van der Waals surface area contributed by atoms with Crippen LogP contribution in [0.1, 0.15) is 29.5 Å². The first-order valence-electron chi connectivity index (χ1n) is 17.0. The van der Waals surface area contributed by atoms with E-state index in [2.05, 4.69) is 36.3 Å². The van der Waals surface area contributed by atoms with Crippen LogP contribution in [0.2, 0.25) is 0 Å². The number of benzene rings is 3. The first-order chi connectivity index (χ1) is 26.5. The number of hydrogen-bond donors (Lipinski definition) is 8. The van der Waals surface area contributed by atoms with Crippen LogP contribution < -0.4 is 26.4 Å². The molecule has 0 spiro atoms. The number of fused-ring (bicyclic) bond motifs is 1. The number of carbonyl (C=O) groups is 2. The standard InChI is InChI=1S/C35H36N12O7S/c36-55(53,54)23-13-7-12-22(14-23)40-35(52)44-33-39-19-47(45-33)34-42-31(37-16-24(20-8-3-1-4-9-20)21-10-5-2-6-11-21)28-32(43-34)46(18-38-28)26-15-25(29(50)30(26)51)41-27(49)17-48/h1-14,18-19,24-26,29-30,48,50-51H,15-17H2,(H,41,49)(H2,36,53,54)(H,37,42,43)(H2,40,44,45,52)/t25-,26+,29+,30-/m0/s1. The number of anilines is 3. The van der Waals surface area contributed by atoms with Gasteiger partial charge in [-0.25, -0.2) is 23.3 Å². The number of urea groups is 1. The lowest BCUT2D eigenvalue weighted by Gasteiger charge is -2.20. The number of aliphatic hydroxyl groups is 3. The number of nitrogens with two attached hydrogens (primary N) is 1. The molecule has 3 aromatic heterocycles. The van der Waals surface area contributed by atoms with Gasteiger partial charge in [-0.2, -0.15) is 19.6 Å². The fraction of sp³-hybridized carbons (Fsp3) is 0.229. The predicted molar refractivity (Wildman–Crippen MR) is 199 cm³/mol. The van der Waals surface area contributed by atoms with Crippen LogP contribution in [0.5, 0.6) is 0 Å². The van der Waals surface area contributed by atoms with Gasteiger partial charge in [-0.1, -0.05) is 66.7 Å². The number of aromatic nitrogens is 7. The van der Waals surface area contributed by atoms with Gasteiger partial charge >= 0.3 is 6.03 Å². The van der Waals surface area contributed by atoms with E-state index in [1.54, 1.807) is 4.57 Å². The lowest BCUT2D eigenvalue weighted by atomic mass is 9.91. The molecule has 0 aliphatic heterocycles. The Kier molecular flexibility index (Phi) is 10.5. The molecule has 7 rings (SSSR count). The van der Waals surface area contributed by atoms with Crippen LogP contribution in [0.15, 0.2) is 102 Å². The van der Waals surface area contributed by atoms with Crippen molar-refractivity contribution in [3.05, 3.63) is 109 Å². The van der Waals surface area contributed by atoms with Gasteiger partial charge in [0.05, 0.1) is 23.3 Å². The van der Waals surface area contributed by atoms with Gasteiger partial charge in [0.2, 0.25) is 15.9 Å². The molecule has 1 aliphatic rings. The molecule has 55 heavy (non-hydrogen) atoms. The van der Waals surface area contributed by atoms with Crippen molar-refractivity contribution in [2.24, 2.45) is 5.14 Å². The van der Waals surface area contributed by atoms with Crippen LogP contribution in [0, 0.1) is 0 Å². The van der Waals surface area contributed by atoms with Crippen molar-refractivity contribution in [3.63, 3.8) is 0 Å².